The average Bonchev–Trinajstić information content (AvgIpc) is 2.63. The van der Waals surface area contributed by atoms with E-state index in [1.165, 1.54) is 0 Å². The molecule has 3 rings (SSSR count). The van der Waals surface area contributed by atoms with Gasteiger partial charge < -0.3 is 19.6 Å². The van der Waals surface area contributed by atoms with Crippen LogP contribution in [-0.4, -0.2) is 53.0 Å². The lowest BCUT2D eigenvalue weighted by Crippen LogP contribution is -2.41. The van der Waals surface area contributed by atoms with Crippen LogP contribution in [-0.2, 0) is 13.1 Å². The van der Waals surface area contributed by atoms with E-state index in [2.05, 4.69) is 4.98 Å². The monoisotopic (exact) mass is 368 g/mol. The van der Waals surface area contributed by atoms with Crippen LogP contribution in [0.25, 0.3) is 0 Å². The van der Waals surface area contributed by atoms with Crippen LogP contribution >= 0.6 is 0 Å². The van der Waals surface area contributed by atoms with Crippen LogP contribution in [0.15, 0.2) is 29.4 Å². The molecule has 1 aliphatic heterocycles. The van der Waals surface area contributed by atoms with Gasteiger partial charge in [-0.25, -0.2) is 9.79 Å². The molecule has 0 unspecified atom stereocenters. The van der Waals surface area contributed by atoms with Gasteiger partial charge in [0.25, 0.3) is 0 Å². The SMILES string of the molecule is COc1c(C)cnc(CN(C)C2=Nc3cc(C(=O)O)ccc3CN2C)c1C. The van der Waals surface area contributed by atoms with Crippen LogP contribution in [0, 0.1) is 13.8 Å². The Labute approximate surface area is 158 Å². The summed E-state index contributed by atoms with van der Waals surface area (Å²) in [5.41, 5.74) is 4.87. The molecule has 1 aromatic carbocycles. The Balaban J connectivity index is 1.91. The van der Waals surface area contributed by atoms with E-state index in [-0.39, 0.29) is 5.56 Å². The first-order valence-electron chi connectivity index (χ1n) is 8.68. The van der Waals surface area contributed by atoms with Crippen molar-refractivity contribution in [1.82, 2.24) is 14.8 Å². The molecule has 1 aromatic heterocycles. The zero-order valence-corrected chi connectivity index (χ0v) is 16.3. The quantitative estimate of drug-likeness (QED) is 0.894. The van der Waals surface area contributed by atoms with Gasteiger partial charge >= 0.3 is 5.97 Å². The summed E-state index contributed by atoms with van der Waals surface area (Å²) in [6.45, 7) is 5.22. The maximum atomic E-state index is 11.2. The maximum absolute atomic E-state index is 11.2. The van der Waals surface area contributed by atoms with Gasteiger partial charge in [0.1, 0.15) is 5.75 Å². The lowest BCUT2D eigenvalue weighted by molar-refractivity contribution is 0.0697. The Morgan fingerprint density at radius 3 is 2.78 bits per heavy atom. The van der Waals surface area contributed by atoms with Crippen molar-refractivity contribution >= 4 is 17.6 Å². The third-order valence-corrected chi connectivity index (χ3v) is 4.78. The van der Waals surface area contributed by atoms with Crippen LogP contribution in [0.4, 0.5) is 5.69 Å². The Hall–Kier alpha value is -3.09. The standard InChI is InChI=1S/C20H24N4O3/c1-12-9-21-17(13(2)18(12)27-5)11-24(4)20-22-16-8-14(19(25)26)6-7-15(16)10-23(20)3/h6-9H,10-11H2,1-5H3,(H,25,26). The van der Waals surface area contributed by atoms with E-state index in [4.69, 9.17) is 9.73 Å². The van der Waals surface area contributed by atoms with Crippen molar-refractivity contribution in [2.24, 2.45) is 4.99 Å². The fourth-order valence-corrected chi connectivity index (χ4v) is 3.36. The Morgan fingerprint density at radius 2 is 2.11 bits per heavy atom. The molecule has 7 heteroatoms. The molecule has 27 heavy (non-hydrogen) atoms. The minimum atomic E-state index is -0.951. The number of aromatic nitrogens is 1. The molecule has 1 aliphatic rings. The molecular weight excluding hydrogens is 344 g/mol. The first kappa shape index (κ1) is 18.7. The molecule has 7 nitrogen and oxygen atoms in total. The van der Waals surface area contributed by atoms with Crippen molar-refractivity contribution in [3.8, 4) is 5.75 Å². The Kier molecular flexibility index (Phi) is 5.03. The van der Waals surface area contributed by atoms with E-state index in [9.17, 15) is 9.90 Å². The highest BCUT2D eigenvalue weighted by atomic mass is 16.5. The number of nitrogens with zero attached hydrogens (tertiary/aromatic N) is 4. The summed E-state index contributed by atoms with van der Waals surface area (Å²) in [6, 6.07) is 5.06. The molecule has 2 heterocycles. The highest BCUT2D eigenvalue weighted by molar-refractivity contribution is 5.91. The highest BCUT2D eigenvalue weighted by Crippen LogP contribution is 2.29. The molecule has 0 radical (unpaired) electrons. The number of pyridine rings is 1. The largest absolute Gasteiger partial charge is 0.496 e. The number of carboxylic acids is 1. The van der Waals surface area contributed by atoms with Gasteiger partial charge in [0, 0.05) is 38.0 Å². The maximum Gasteiger partial charge on any atom is 0.335 e. The van der Waals surface area contributed by atoms with Gasteiger partial charge in [0.05, 0.1) is 30.6 Å². The number of aromatic carboxylic acids is 1. The van der Waals surface area contributed by atoms with Crippen molar-refractivity contribution in [2.45, 2.75) is 26.9 Å². The average molecular weight is 368 g/mol. The van der Waals surface area contributed by atoms with E-state index >= 15 is 0 Å². The summed E-state index contributed by atoms with van der Waals surface area (Å²) in [5.74, 6) is 0.669. The second-order valence-corrected chi connectivity index (χ2v) is 6.82. The number of hydrogen-bond donors (Lipinski definition) is 1. The summed E-state index contributed by atoms with van der Waals surface area (Å²) >= 11 is 0. The number of benzene rings is 1. The fraction of sp³-hybridized carbons (Fsp3) is 0.350. The summed E-state index contributed by atoms with van der Waals surface area (Å²) in [6.07, 6.45) is 1.82. The van der Waals surface area contributed by atoms with Crippen LogP contribution in [0.5, 0.6) is 5.75 Å². The number of fused-ring (bicyclic) bond motifs is 1. The van der Waals surface area contributed by atoms with Crippen molar-refractivity contribution in [2.75, 3.05) is 21.2 Å². The number of ether oxygens (including phenoxy) is 1. The lowest BCUT2D eigenvalue weighted by atomic mass is 10.1. The van der Waals surface area contributed by atoms with Gasteiger partial charge in [0.15, 0.2) is 0 Å². The number of guanidine groups is 1. The summed E-state index contributed by atoms with van der Waals surface area (Å²) in [5, 5.41) is 9.22. The van der Waals surface area contributed by atoms with E-state index in [1.807, 2.05) is 50.0 Å². The van der Waals surface area contributed by atoms with E-state index in [1.54, 1.807) is 19.2 Å². The predicted octanol–water partition coefficient (Wildman–Crippen LogP) is 2.97. The molecule has 0 saturated heterocycles. The van der Waals surface area contributed by atoms with Gasteiger partial charge in [-0.3, -0.25) is 4.98 Å². The fourth-order valence-electron chi connectivity index (χ4n) is 3.36. The number of carbonyl (C=O) groups is 1. The molecule has 1 N–H and O–H groups in total. The molecule has 0 fully saturated rings. The number of aryl methyl sites for hydroxylation is 1. The minimum Gasteiger partial charge on any atom is -0.496 e. The number of methoxy groups -OCH3 is 1. The molecule has 0 spiro atoms. The first-order chi connectivity index (χ1) is 12.8. The van der Waals surface area contributed by atoms with Crippen LogP contribution in [0.1, 0.15) is 32.7 Å². The van der Waals surface area contributed by atoms with Crippen molar-refractivity contribution in [1.29, 1.82) is 0 Å². The van der Waals surface area contributed by atoms with Gasteiger partial charge in [-0.15, -0.1) is 0 Å². The molecule has 142 valence electrons. The van der Waals surface area contributed by atoms with Gasteiger partial charge in [-0.1, -0.05) is 6.07 Å². The van der Waals surface area contributed by atoms with Crippen molar-refractivity contribution in [3.05, 3.63) is 52.3 Å². The second kappa shape index (κ2) is 7.26. The predicted molar refractivity (Wildman–Crippen MR) is 104 cm³/mol. The lowest BCUT2D eigenvalue weighted by Gasteiger charge is -2.33. The summed E-state index contributed by atoms with van der Waals surface area (Å²) in [4.78, 5) is 24.6. The number of hydrogen-bond acceptors (Lipinski definition) is 6. The molecule has 0 atom stereocenters. The molecule has 0 amide bonds. The van der Waals surface area contributed by atoms with Gasteiger partial charge in [0.2, 0.25) is 5.96 Å². The van der Waals surface area contributed by atoms with Crippen molar-refractivity contribution < 1.29 is 14.6 Å². The normalized spacial score (nSPS) is 13.1. The number of aliphatic imine (C=N–C) groups is 1. The van der Waals surface area contributed by atoms with Gasteiger partial charge in [-0.2, -0.15) is 0 Å². The Bertz CT molecular complexity index is 924. The first-order valence-corrected chi connectivity index (χ1v) is 8.68. The minimum absolute atomic E-state index is 0.241. The smallest absolute Gasteiger partial charge is 0.335 e. The van der Waals surface area contributed by atoms with Crippen LogP contribution in [0.3, 0.4) is 0 Å². The zero-order valence-electron chi connectivity index (χ0n) is 16.3. The highest BCUT2D eigenvalue weighted by Gasteiger charge is 2.22. The third-order valence-electron chi connectivity index (χ3n) is 4.78. The second-order valence-electron chi connectivity index (χ2n) is 6.82. The van der Waals surface area contributed by atoms with Crippen LogP contribution in [0.2, 0.25) is 0 Å². The molecule has 0 saturated carbocycles. The zero-order chi connectivity index (χ0) is 19.7. The molecule has 0 bridgehead atoms. The summed E-state index contributed by atoms with van der Waals surface area (Å²) in [7, 11) is 5.59. The molecule has 2 aromatic rings. The van der Waals surface area contributed by atoms with E-state index in [0.717, 1.165) is 34.1 Å². The molecular formula is C20H24N4O3. The Morgan fingerprint density at radius 1 is 1.37 bits per heavy atom. The van der Waals surface area contributed by atoms with Gasteiger partial charge in [-0.05, 0) is 31.5 Å². The summed E-state index contributed by atoms with van der Waals surface area (Å²) < 4.78 is 5.49. The van der Waals surface area contributed by atoms with Crippen molar-refractivity contribution in [3.63, 3.8) is 0 Å². The molecule has 0 aliphatic carbocycles. The number of rotatable bonds is 4. The van der Waals surface area contributed by atoms with E-state index in [0.29, 0.717) is 18.8 Å². The third kappa shape index (κ3) is 3.58. The van der Waals surface area contributed by atoms with Crippen LogP contribution < -0.4 is 4.74 Å². The topological polar surface area (TPSA) is 78.3 Å². The number of carboxylic acid groups (broad SMARTS) is 1. The van der Waals surface area contributed by atoms with E-state index < -0.39 is 5.97 Å².